The fraction of sp³-hybridized carbons (Fsp3) is 0.222. The van der Waals surface area contributed by atoms with Crippen LogP contribution in [0.1, 0.15) is 10.4 Å². The van der Waals surface area contributed by atoms with Crippen molar-refractivity contribution in [3.8, 4) is 5.75 Å². The predicted octanol–water partition coefficient (Wildman–Crippen LogP) is 3.74. The molecular weight excluding hydrogens is 343 g/mol. The summed E-state index contributed by atoms with van der Waals surface area (Å²) < 4.78 is 25.3. The summed E-state index contributed by atoms with van der Waals surface area (Å²) in [6.45, 7) is 0.597. The third-order valence-electron chi connectivity index (χ3n) is 3.68. The Morgan fingerprint density at radius 3 is 2.72 bits per heavy atom. The number of carbonyl (C=O) groups excluding carboxylic acids is 1. The number of halogens is 1. The maximum atomic E-state index is 14.3. The number of fused-ring (bicyclic) bond motifs is 1. The minimum absolute atomic E-state index is 0.0313. The summed E-state index contributed by atoms with van der Waals surface area (Å²) in [4.78, 5) is 18.8. The standard InChI is InChI=1S/C18H17FN2O3S/c1-23-10-9-21(18-20-15-5-3-4-6-16(15)25-18)17(22)13-8-7-12(24-2)11-14(13)19/h3-8,11H,9-10H2,1-2H3. The molecule has 0 aliphatic heterocycles. The molecule has 0 saturated carbocycles. The van der Waals surface area contributed by atoms with Crippen molar-refractivity contribution in [2.45, 2.75) is 0 Å². The van der Waals surface area contributed by atoms with E-state index in [9.17, 15) is 9.18 Å². The van der Waals surface area contributed by atoms with E-state index in [1.165, 1.54) is 35.5 Å². The van der Waals surface area contributed by atoms with Crippen LogP contribution in [0.4, 0.5) is 9.52 Å². The van der Waals surface area contributed by atoms with E-state index in [4.69, 9.17) is 9.47 Å². The molecule has 25 heavy (non-hydrogen) atoms. The zero-order chi connectivity index (χ0) is 17.8. The van der Waals surface area contributed by atoms with Crippen molar-refractivity contribution in [3.05, 3.63) is 53.8 Å². The lowest BCUT2D eigenvalue weighted by atomic mass is 10.1. The lowest BCUT2D eigenvalue weighted by molar-refractivity contribution is 0.0972. The number of hydrogen-bond acceptors (Lipinski definition) is 5. The Balaban J connectivity index is 1.98. The molecule has 0 N–H and O–H groups in total. The molecular formula is C18H17FN2O3S. The van der Waals surface area contributed by atoms with Crippen molar-refractivity contribution in [2.24, 2.45) is 0 Å². The number of hydrogen-bond donors (Lipinski definition) is 0. The fourth-order valence-corrected chi connectivity index (χ4v) is 3.37. The minimum atomic E-state index is -0.632. The molecule has 0 aliphatic carbocycles. The molecule has 1 heterocycles. The highest BCUT2D eigenvalue weighted by molar-refractivity contribution is 7.22. The molecule has 7 heteroatoms. The van der Waals surface area contributed by atoms with E-state index in [0.29, 0.717) is 17.5 Å². The monoisotopic (exact) mass is 360 g/mol. The zero-order valence-corrected chi connectivity index (χ0v) is 14.7. The fourth-order valence-electron chi connectivity index (χ4n) is 2.38. The van der Waals surface area contributed by atoms with E-state index in [0.717, 1.165) is 10.2 Å². The summed E-state index contributed by atoms with van der Waals surface area (Å²) in [5.41, 5.74) is 0.768. The maximum absolute atomic E-state index is 14.3. The van der Waals surface area contributed by atoms with Gasteiger partial charge in [0.1, 0.15) is 11.6 Å². The number of nitrogens with zero attached hydrogens (tertiary/aromatic N) is 2. The van der Waals surface area contributed by atoms with Crippen molar-refractivity contribution in [3.63, 3.8) is 0 Å². The summed E-state index contributed by atoms with van der Waals surface area (Å²) in [5, 5.41) is 0.512. The molecule has 0 spiro atoms. The van der Waals surface area contributed by atoms with Gasteiger partial charge in [0.15, 0.2) is 5.13 Å². The second-order valence-electron chi connectivity index (χ2n) is 5.26. The lowest BCUT2D eigenvalue weighted by Crippen LogP contribution is -2.34. The average molecular weight is 360 g/mol. The Morgan fingerprint density at radius 1 is 1.24 bits per heavy atom. The Kier molecular flexibility index (Phi) is 5.25. The molecule has 0 bridgehead atoms. The predicted molar refractivity (Wildman–Crippen MR) is 96.1 cm³/mol. The van der Waals surface area contributed by atoms with Crippen LogP contribution in [0, 0.1) is 5.82 Å². The molecule has 1 amide bonds. The van der Waals surface area contributed by atoms with Crippen molar-refractivity contribution < 1.29 is 18.7 Å². The van der Waals surface area contributed by atoms with E-state index >= 15 is 0 Å². The number of benzene rings is 2. The smallest absolute Gasteiger partial charge is 0.263 e. The molecule has 0 atom stereocenters. The van der Waals surface area contributed by atoms with E-state index in [2.05, 4.69) is 4.98 Å². The summed E-state index contributed by atoms with van der Waals surface area (Å²) in [5.74, 6) is -0.735. The van der Waals surface area contributed by atoms with Crippen molar-refractivity contribution >= 4 is 32.6 Å². The van der Waals surface area contributed by atoms with Crippen LogP contribution < -0.4 is 9.64 Å². The molecule has 3 aromatic rings. The average Bonchev–Trinajstić information content (AvgIpc) is 3.05. The highest BCUT2D eigenvalue weighted by Crippen LogP contribution is 2.30. The van der Waals surface area contributed by atoms with Crippen LogP contribution in [0.2, 0.25) is 0 Å². The van der Waals surface area contributed by atoms with Crippen LogP contribution in [0.5, 0.6) is 5.75 Å². The summed E-state index contributed by atoms with van der Waals surface area (Å²) in [7, 11) is 3.00. The van der Waals surface area contributed by atoms with Gasteiger partial charge in [-0.1, -0.05) is 23.5 Å². The van der Waals surface area contributed by atoms with Crippen LogP contribution >= 0.6 is 11.3 Å². The Labute approximate surface area is 148 Å². The topological polar surface area (TPSA) is 51.7 Å². The van der Waals surface area contributed by atoms with Gasteiger partial charge in [0.05, 0.1) is 36.0 Å². The van der Waals surface area contributed by atoms with E-state index in [-0.39, 0.29) is 12.1 Å². The van der Waals surface area contributed by atoms with Gasteiger partial charge in [-0.3, -0.25) is 9.69 Å². The van der Waals surface area contributed by atoms with Crippen LogP contribution in [-0.2, 0) is 4.74 Å². The van der Waals surface area contributed by atoms with Crippen LogP contribution in [-0.4, -0.2) is 38.3 Å². The van der Waals surface area contributed by atoms with E-state index in [1.54, 1.807) is 13.2 Å². The molecule has 0 fully saturated rings. The second kappa shape index (κ2) is 7.58. The first-order valence-electron chi connectivity index (χ1n) is 7.64. The first kappa shape index (κ1) is 17.3. The third kappa shape index (κ3) is 3.62. The van der Waals surface area contributed by atoms with Gasteiger partial charge in [-0.2, -0.15) is 0 Å². The van der Waals surface area contributed by atoms with Crippen molar-refractivity contribution in [1.29, 1.82) is 0 Å². The van der Waals surface area contributed by atoms with Gasteiger partial charge < -0.3 is 9.47 Å². The number of ether oxygens (including phenoxy) is 2. The van der Waals surface area contributed by atoms with Gasteiger partial charge in [-0.25, -0.2) is 9.37 Å². The summed E-state index contributed by atoms with van der Waals surface area (Å²) in [6.07, 6.45) is 0. The van der Waals surface area contributed by atoms with Gasteiger partial charge in [0.25, 0.3) is 5.91 Å². The second-order valence-corrected chi connectivity index (χ2v) is 6.27. The molecule has 0 aliphatic rings. The highest BCUT2D eigenvalue weighted by atomic mass is 32.1. The van der Waals surface area contributed by atoms with Gasteiger partial charge in [0, 0.05) is 13.2 Å². The number of thiazole rings is 1. The third-order valence-corrected chi connectivity index (χ3v) is 4.74. The molecule has 0 unspecified atom stereocenters. The van der Waals surface area contributed by atoms with E-state index < -0.39 is 11.7 Å². The molecule has 1 aromatic heterocycles. The minimum Gasteiger partial charge on any atom is -0.497 e. The highest BCUT2D eigenvalue weighted by Gasteiger charge is 2.23. The number of aromatic nitrogens is 1. The normalized spacial score (nSPS) is 10.8. The Bertz CT molecular complexity index is 864. The van der Waals surface area contributed by atoms with Crippen LogP contribution in [0.25, 0.3) is 10.2 Å². The largest absolute Gasteiger partial charge is 0.497 e. The zero-order valence-electron chi connectivity index (χ0n) is 13.9. The Hall–Kier alpha value is -2.51. The summed E-state index contributed by atoms with van der Waals surface area (Å²) in [6, 6.07) is 11.8. The van der Waals surface area contributed by atoms with Crippen LogP contribution in [0.3, 0.4) is 0 Å². The summed E-state index contributed by atoms with van der Waals surface area (Å²) >= 11 is 1.38. The molecule has 3 rings (SSSR count). The quantitative estimate of drug-likeness (QED) is 0.672. The number of para-hydroxylation sites is 1. The maximum Gasteiger partial charge on any atom is 0.263 e. The first-order chi connectivity index (χ1) is 12.1. The number of anilines is 1. The molecule has 2 aromatic carbocycles. The molecule has 0 radical (unpaired) electrons. The van der Waals surface area contributed by atoms with Gasteiger partial charge in [-0.05, 0) is 24.3 Å². The Morgan fingerprint density at radius 2 is 2.04 bits per heavy atom. The van der Waals surface area contributed by atoms with Crippen LogP contribution in [0.15, 0.2) is 42.5 Å². The number of amides is 1. The molecule has 0 saturated heterocycles. The van der Waals surface area contributed by atoms with Crippen molar-refractivity contribution in [2.75, 3.05) is 32.3 Å². The number of methoxy groups -OCH3 is 2. The van der Waals surface area contributed by atoms with Gasteiger partial charge >= 0.3 is 0 Å². The SMILES string of the molecule is COCCN(C(=O)c1ccc(OC)cc1F)c1nc2ccccc2s1. The number of rotatable bonds is 6. The molecule has 5 nitrogen and oxygen atoms in total. The lowest BCUT2D eigenvalue weighted by Gasteiger charge is -2.20. The van der Waals surface area contributed by atoms with Crippen molar-refractivity contribution in [1.82, 2.24) is 4.98 Å². The van der Waals surface area contributed by atoms with Gasteiger partial charge in [-0.15, -0.1) is 0 Å². The number of carbonyl (C=O) groups is 1. The van der Waals surface area contributed by atoms with Gasteiger partial charge in [0.2, 0.25) is 0 Å². The van der Waals surface area contributed by atoms with E-state index in [1.807, 2.05) is 24.3 Å². The molecule has 130 valence electrons. The first-order valence-corrected chi connectivity index (χ1v) is 8.45.